The predicted octanol–water partition coefficient (Wildman–Crippen LogP) is 4.27. The highest BCUT2D eigenvalue weighted by molar-refractivity contribution is 7.92. The highest BCUT2D eigenvalue weighted by atomic mass is 35.5. The van der Waals surface area contributed by atoms with Crippen molar-refractivity contribution >= 4 is 39.1 Å². The number of hydrogen-bond donors (Lipinski definition) is 1. The van der Waals surface area contributed by atoms with Gasteiger partial charge in [0.1, 0.15) is 6.04 Å². The summed E-state index contributed by atoms with van der Waals surface area (Å²) in [4.78, 5) is 28.1. The van der Waals surface area contributed by atoms with Gasteiger partial charge in [-0.1, -0.05) is 78.3 Å². The Labute approximate surface area is 224 Å². The van der Waals surface area contributed by atoms with E-state index in [0.29, 0.717) is 17.1 Å². The highest BCUT2D eigenvalue weighted by Crippen LogP contribution is 2.23. The number of carbonyl (C=O) groups is 2. The van der Waals surface area contributed by atoms with Crippen LogP contribution in [0.1, 0.15) is 24.0 Å². The molecular formula is C28H32ClN3O4S. The summed E-state index contributed by atoms with van der Waals surface area (Å²) in [6.07, 6.45) is 1.83. The van der Waals surface area contributed by atoms with Crippen molar-refractivity contribution in [3.05, 3.63) is 101 Å². The van der Waals surface area contributed by atoms with Crippen molar-refractivity contribution in [2.45, 2.75) is 31.8 Å². The summed E-state index contributed by atoms with van der Waals surface area (Å²) < 4.78 is 26.2. The Hall–Kier alpha value is -3.36. The van der Waals surface area contributed by atoms with Crippen LogP contribution in [-0.4, -0.2) is 51.0 Å². The van der Waals surface area contributed by atoms with E-state index in [1.54, 1.807) is 36.2 Å². The fourth-order valence-electron chi connectivity index (χ4n) is 4.14. The molecule has 0 spiro atoms. The average molecular weight is 542 g/mol. The number of nitrogens with one attached hydrogen (secondary N) is 1. The van der Waals surface area contributed by atoms with E-state index in [-0.39, 0.29) is 37.7 Å². The van der Waals surface area contributed by atoms with Gasteiger partial charge in [0.05, 0.1) is 11.9 Å². The lowest BCUT2D eigenvalue weighted by Crippen LogP contribution is -2.49. The van der Waals surface area contributed by atoms with Crippen LogP contribution in [0, 0.1) is 0 Å². The van der Waals surface area contributed by atoms with Crippen LogP contribution in [0.2, 0.25) is 5.02 Å². The maximum Gasteiger partial charge on any atom is 0.242 e. The van der Waals surface area contributed by atoms with E-state index < -0.39 is 16.1 Å². The molecule has 37 heavy (non-hydrogen) atoms. The molecule has 2 amide bonds. The lowest BCUT2D eigenvalue weighted by molar-refractivity contribution is -0.141. The van der Waals surface area contributed by atoms with Gasteiger partial charge in [-0.15, -0.1) is 0 Å². The zero-order valence-electron chi connectivity index (χ0n) is 21.0. The Morgan fingerprint density at radius 3 is 2.11 bits per heavy atom. The van der Waals surface area contributed by atoms with Crippen LogP contribution in [0.5, 0.6) is 0 Å². The van der Waals surface area contributed by atoms with Gasteiger partial charge in [0.25, 0.3) is 0 Å². The molecule has 7 nitrogen and oxygen atoms in total. The van der Waals surface area contributed by atoms with Gasteiger partial charge < -0.3 is 10.2 Å². The van der Waals surface area contributed by atoms with E-state index >= 15 is 0 Å². The lowest BCUT2D eigenvalue weighted by Gasteiger charge is -2.31. The first-order chi connectivity index (χ1) is 17.7. The van der Waals surface area contributed by atoms with Gasteiger partial charge >= 0.3 is 0 Å². The molecule has 0 aliphatic heterocycles. The molecule has 1 N–H and O–H groups in total. The third-order valence-corrected chi connectivity index (χ3v) is 7.39. The minimum Gasteiger partial charge on any atom is -0.357 e. The quantitative estimate of drug-likeness (QED) is 0.371. The molecule has 0 aliphatic rings. The molecule has 3 aromatic carbocycles. The van der Waals surface area contributed by atoms with Crippen LogP contribution in [-0.2, 0) is 32.6 Å². The maximum atomic E-state index is 13.6. The molecule has 196 valence electrons. The maximum absolute atomic E-state index is 13.6. The first-order valence-electron chi connectivity index (χ1n) is 12.0. The van der Waals surface area contributed by atoms with E-state index in [1.165, 1.54) is 4.31 Å². The van der Waals surface area contributed by atoms with Crippen molar-refractivity contribution < 1.29 is 18.0 Å². The Bertz CT molecular complexity index is 1290. The summed E-state index contributed by atoms with van der Waals surface area (Å²) in [7, 11) is -2.03. The van der Waals surface area contributed by atoms with Gasteiger partial charge in [0.15, 0.2) is 0 Å². The number of amides is 2. The van der Waals surface area contributed by atoms with Gasteiger partial charge in [-0.25, -0.2) is 8.42 Å². The molecule has 9 heteroatoms. The molecule has 0 saturated carbocycles. The number of carbonyl (C=O) groups excluding carboxylic acids is 2. The van der Waals surface area contributed by atoms with Gasteiger partial charge in [-0.2, -0.15) is 0 Å². The summed E-state index contributed by atoms with van der Waals surface area (Å²) in [5.74, 6) is -0.488. The Balaban J connectivity index is 1.82. The van der Waals surface area contributed by atoms with E-state index in [4.69, 9.17) is 11.6 Å². The molecular weight excluding hydrogens is 510 g/mol. The Morgan fingerprint density at radius 1 is 0.919 bits per heavy atom. The SMILES string of the molecule is CNC(=O)[C@@H](Cc1ccccc1)N(Cc1ccccc1)C(=O)CCCN(c1cccc(Cl)c1)S(C)(=O)=O. The summed E-state index contributed by atoms with van der Waals surface area (Å²) in [6.45, 7) is 0.363. The number of benzene rings is 3. The van der Waals surface area contributed by atoms with E-state index in [1.807, 2.05) is 60.7 Å². The molecule has 0 saturated heterocycles. The molecule has 0 heterocycles. The fourth-order valence-corrected chi connectivity index (χ4v) is 5.28. The average Bonchev–Trinajstić information content (AvgIpc) is 2.88. The first kappa shape index (κ1) is 28.2. The van der Waals surface area contributed by atoms with E-state index in [2.05, 4.69) is 5.32 Å². The minimum absolute atomic E-state index is 0.0711. The van der Waals surface area contributed by atoms with Crippen LogP contribution in [0.25, 0.3) is 0 Å². The third-order valence-electron chi connectivity index (χ3n) is 5.96. The van der Waals surface area contributed by atoms with Gasteiger partial charge in [-0.3, -0.25) is 13.9 Å². The Kier molecular flexibility index (Phi) is 10.1. The van der Waals surface area contributed by atoms with Crippen LogP contribution < -0.4 is 9.62 Å². The van der Waals surface area contributed by atoms with Crippen LogP contribution >= 0.6 is 11.6 Å². The number of likely N-dealkylation sites (N-methyl/N-ethyl adjacent to an activating group) is 1. The second-order valence-corrected chi connectivity index (χ2v) is 11.1. The summed E-state index contributed by atoms with van der Waals surface area (Å²) in [5, 5.41) is 3.12. The number of halogens is 1. The number of anilines is 1. The van der Waals surface area contributed by atoms with E-state index in [0.717, 1.165) is 17.4 Å². The molecule has 3 aromatic rings. The summed E-state index contributed by atoms with van der Waals surface area (Å²) >= 11 is 6.07. The molecule has 0 unspecified atom stereocenters. The monoisotopic (exact) mass is 541 g/mol. The number of rotatable bonds is 12. The Morgan fingerprint density at radius 2 is 1.54 bits per heavy atom. The number of nitrogens with zero attached hydrogens (tertiary/aromatic N) is 2. The molecule has 1 atom stereocenters. The second kappa shape index (κ2) is 13.3. The second-order valence-electron chi connectivity index (χ2n) is 8.75. The van der Waals surface area contributed by atoms with Gasteiger partial charge in [0, 0.05) is 38.0 Å². The van der Waals surface area contributed by atoms with Gasteiger partial charge in [-0.05, 0) is 35.7 Å². The van der Waals surface area contributed by atoms with Gasteiger partial charge in [0.2, 0.25) is 21.8 Å². The van der Waals surface area contributed by atoms with Crippen molar-refractivity contribution in [1.82, 2.24) is 10.2 Å². The predicted molar refractivity (Wildman–Crippen MR) is 148 cm³/mol. The van der Waals surface area contributed by atoms with Crippen LogP contribution in [0.4, 0.5) is 5.69 Å². The van der Waals surface area contributed by atoms with Crippen molar-refractivity contribution in [1.29, 1.82) is 0 Å². The normalized spacial score (nSPS) is 12.0. The zero-order valence-corrected chi connectivity index (χ0v) is 22.6. The van der Waals surface area contributed by atoms with Crippen molar-refractivity contribution in [3.63, 3.8) is 0 Å². The smallest absolute Gasteiger partial charge is 0.242 e. The van der Waals surface area contributed by atoms with Crippen molar-refractivity contribution in [2.24, 2.45) is 0 Å². The largest absolute Gasteiger partial charge is 0.357 e. The lowest BCUT2D eigenvalue weighted by atomic mass is 10.0. The third kappa shape index (κ3) is 8.33. The fraction of sp³-hybridized carbons (Fsp3) is 0.286. The summed E-state index contributed by atoms with van der Waals surface area (Å²) in [5.41, 5.74) is 2.27. The van der Waals surface area contributed by atoms with E-state index in [9.17, 15) is 18.0 Å². The minimum atomic E-state index is -3.59. The topological polar surface area (TPSA) is 86.8 Å². The molecule has 0 aliphatic carbocycles. The van der Waals surface area contributed by atoms with Crippen LogP contribution in [0.15, 0.2) is 84.9 Å². The molecule has 0 fully saturated rings. The van der Waals surface area contributed by atoms with Crippen molar-refractivity contribution in [3.8, 4) is 0 Å². The zero-order chi connectivity index (χ0) is 26.8. The molecule has 0 bridgehead atoms. The summed E-state index contributed by atoms with van der Waals surface area (Å²) in [6, 6.07) is 24.9. The number of hydrogen-bond acceptors (Lipinski definition) is 4. The van der Waals surface area contributed by atoms with Crippen molar-refractivity contribution in [2.75, 3.05) is 24.2 Å². The molecule has 0 aromatic heterocycles. The van der Waals surface area contributed by atoms with Crippen LogP contribution in [0.3, 0.4) is 0 Å². The standard InChI is InChI=1S/C28H32ClN3O4S/c1-30-28(34)26(19-22-11-5-3-6-12-22)31(21-23-13-7-4-8-14-23)27(33)17-10-18-32(37(2,35)36)25-16-9-15-24(29)20-25/h3-9,11-16,20,26H,10,17-19,21H2,1-2H3,(H,30,34)/t26-/m1/s1. The first-order valence-corrected chi connectivity index (χ1v) is 14.2. The highest BCUT2D eigenvalue weighted by Gasteiger charge is 2.30. The molecule has 0 radical (unpaired) electrons. The molecule has 3 rings (SSSR count). The number of sulfonamides is 1.